The van der Waals surface area contributed by atoms with E-state index in [0.29, 0.717) is 37.1 Å². The number of aromatic nitrogens is 2. The van der Waals surface area contributed by atoms with Gasteiger partial charge in [0.05, 0.1) is 24.5 Å². The van der Waals surface area contributed by atoms with Gasteiger partial charge >= 0.3 is 6.03 Å². The van der Waals surface area contributed by atoms with Crippen LogP contribution in [0, 0.1) is 0 Å². The standard InChI is InChI=1S/C18H22N4O3/c1-2-25-16-6-4-3-5-15(16)20-18(24)19-11-12-22-17(23)10-9-14(21-22)13-7-8-13/h3-6,9-10,13H,2,7-8,11-12H2,1H3,(H2,19,20,24). The van der Waals surface area contributed by atoms with E-state index in [2.05, 4.69) is 15.7 Å². The second kappa shape index (κ2) is 7.83. The van der Waals surface area contributed by atoms with Gasteiger partial charge in [-0.15, -0.1) is 0 Å². The number of para-hydroxylation sites is 2. The fourth-order valence-electron chi connectivity index (χ4n) is 2.51. The van der Waals surface area contributed by atoms with Crippen molar-refractivity contribution in [3.8, 4) is 5.75 Å². The summed E-state index contributed by atoms with van der Waals surface area (Å²) in [5, 5.41) is 9.85. The Morgan fingerprint density at radius 2 is 2.08 bits per heavy atom. The van der Waals surface area contributed by atoms with Crippen molar-refractivity contribution in [2.75, 3.05) is 18.5 Å². The highest BCUT2D eigenvalue weighted by atomic mass is 16.5. The minimum absolute atomic E-state index is 0.159. The molecule has 7 heteroatoms. The van der Waals surface area contributed by atoms with Gasteiger partial charge in [-0.3, -0.25) is 4.79 Å². The number of carbonyl (C=O) groups is 1. The molecule has 1 heterocycles. The number of urea groups is 1. The van der Waals surface area contributed by atoms with Crippen molar-refractivity contribution < 1.29 is 9.53 Å². The molecule has 1 aromatic heterocycles. The zero-order valence-electron chi connectivity index (χ0n) is 14.2. The average Bonchev–Trinajstić information content (AvgIpc) is 3.44. The highest BCUT2D eigenvalue weighted by Crippen LogP contribution is 2.38. The van der Waals surface area contributed by atoms with Crippen molar-refractivity contribution in [3.05, 3.63) is 52.4 Å². The molecule has 2 amide bonds. The number of hydrogen-bond donors (Lipinski definition) is 2. The molecule has 2 N–H and O–H groups in total. The van der Waals surface area contributed by atoms with Crippen molar-refractivity contribution >= 4 is 11.7 Å². The van der Waals surface area contributed by atoms with E-state index < -0.39 is 0 Å². The number of anilines is 1. The van der Waals surface area contributed by atoms with Gasteiger partial charge in [-0.2, -0.15) is 5.10 Å². The van der Waals surface area contributed by atoms with E-state index in [0.717, 1.165) is 18.5 Å². The van der Waals surface area contributed by atoms with Crippen LogP contribution in [0.5, 0.6) is 5.75 Å². The van der Waals surface area contributed by atoms with Crippen molar-refractivity contribution in [2.45, 2.75) is 32.2 Å². The summed E-state index contributed by atoms with van der Waals surface area (Å²) in [6.45, 7) is 3.05. The second-order valence-corrected chi connectivity index (χ2v) is 5.90. The molecular weight excluding hydrogens is 320 g/mol. The Morgan fingerprint density at radius 3 is 2.84 bits per heavy atom. The Hall–Kier alpha value is -2.83. The van der Waals surface area contributed by atoms with Gasteiger partial charge < -0.3 is 15.4 Å². The van der Waals surface area contributed by atoms with E-state index in [-0.39, 0.29) is 11.6 Å². The Kier molecular flexibility index (Phi) is 5.33. The van der Waals surface area contributed by atoms with Gasteiger partial charge in [0.1, 0.15) is 5.75 Å². The largest absolute Gasteiger partial charge is 0.492 e. The first-order valence-electron chi connectivity index (χ1n) is 8.52. The third-order valence-corrected chi connectivity index (χ3v) is 3.93. The molecule has 3 rings (SSSR count). The number of carbonyl (C=O) groups excluding carboxylic acids is 1. The number of rotatable bonds is 7. The number of ether oxygens (including phenoxy) is 1. The van der Waals surface area contributed by atoms with Gasteiger partial charge in [-0.05, 0) is 38.0 Å². The van der Waals surface area contributed by atoms with Crippen LogP contribution in [0.25, 0.3) is 0 Å². The minimum atomic E-state index is -0.349. The second-order valence-electron chi connectivity index (χ2n) is 5.90. The molecule has 132 valence electrons. The molecule has 0 saturated heterocycles. The summed E-state index contributed by atoms with van der Waals surface area (Å²) in [5.74, 6) is 1.10. The van der Waals surface area contributed by atoms with Crippen molar-refractivity contribution in [2.24, 2.45) is 0 Å². The third kappa shape index (κ3) is 4.59. The third-order valence-electron chi connectivity index (χ3n) is 3.93. The van der Waals surface area contributed by atoms with Gasteiger partial charge in [-0.25, -0.2) is 9.48 Å². The molecule has 0 radical (unpaired) electrons. The molecular formula is C18H22N4O3. The molecule has 0 spiro atoms. The molecule has 1 aliphatic rings. The first kappa shape index (κ1) is 17.0. The zero-order chi connectivity index (χ0) is 17.6. The van der Waals surface area contributed by atoms with E-state index >= 15 is 0 Å². The SMILES string of the molecule is CCOc1ccccc1NC(=O)NCCn1nc(C2CC2)ccc1=O. The molecule has 25 heavy (non-hydrogen) atoms. The molecule has 0 bridgehead atoms. The van der Waals surface area contributed by atoms with E-state index in [4.69, 9.17) is 4.74 Å². The van der Waals surface area contributed by atoms with Gasteiger partial charge in [0.25, 0.3) is 5.56 Å². The van der Waals surface area contributed by atoms with Gasteiger partial charge in [0.2, 0.25) is 0 Å². The predicted molar refractivity (Wildman–Crippen MR) is 95.1 cm³/mol. The molecule has 2 aromatic rings. The van der Waals surface area contributed by atoms with Gasteiger partial charge in [0, 0.05) is 18.5 Å². The van der Waals surface area contributed by atoms with Crippen molar-refractivity contribution in [1.82, 2.24) is 15.1 Å². The summed E-state index contributed by atoms with van der Waals surface area (Å²) in [6.07, 6.45) is 2.26. The number of hydrogen-bond acceptors (Lipinski definition) is 4. The molecule has 0 aliphatic heterocycles. The summed E-state index contributed by atoms with van der Waals surface area (Å²) >= 11 is 0. The van der Waals surface area contributed by atoms with Crippen LogP contribution in [0.2, 0.25) is 0 Å². The van der Waals surface area contributed by atoms with Crippen LogP contribution in [0.15, 0.2) is 41.2 Å². The topological polar surface area (TPSA) is 85.2 Å². The van der Waals surface area contributed by atoms with Crippen molar-refractivity contribution in [1.29, 1.82) is 0 Å². The Bertz CT molecular complexity index is 799. The van der Waals surface area contributed by atoms with E-state index in [9.17, 15) is 9.59 Å². The summed E-state index contributed by atoms with van der Waals surface area (Å²) in [6, 6.07) is 10.2. The monoisotopic (exact) mass is 342 g/mol. The van der Waals surface area contributed by atoms with Crippen LogP contribution in [0.1, 0.15) is 31.4 Å². The van der Waals surface area contributed by atoms with Crippen LogP contribution in [-0.4, -0.2) is 29.0 Å². The van der Waals surface area contributed by atoms with Crippen molar-refractivity contribution in [3.63, 3.8) is 0 Å². The van der Waals surface area contributed by atoms with E-state index in [1.807, 2.05) is 19.1 Å². The molecule has 1 fully saturated rings. The first-order valence-corrected chi connectivity index (χ1v) is 8.52. The predicted octanol–water partition coefficient (Wildman–Crippen LogP) is 2.34. The maximum absolute atomic E-state index is 12.0. The number of nitrogens with one attached hydrogen (secondary N) is 2. The molecule has 0 unspecified atom stereocenters. The fraction of sp³-hybridized carbons (Fsp3) is 0.389. The quantitative estimate of drug-likeness (QED) is 0.809. The zero-order valence-corrected chi connectivity index (χ0v) is 14.2. The number of amides is 2. The van der Waals surface area contributed by atoms with Crippen LogP contribution < -0.4 is 20.9 Å². The lowest BCUT2D eigenvalue weighted by molar-refractivity contribution is 0.251. The molecule has 1 aliphatic carbocycles. The summed E-state index contributed by atoms with van der Waals surface area (Å²) in [4.78, 5) is 23.9. The Labute approximate surface area is 146 Å². The average molecular weight is 342 g/mol. The minimum Gasteiger partial charge on any atom is -0.492 e. The summed E-state index contributed by atoms with van der Waals surface area (Å²) in [7, 11) is 0. The van der Waals surface area contributed by atoms with Crippen LogP contribution >= 0.6 is 0 Å². The van der Waals surface area contributed by atoms with Gasteiger partial charge in [-0.1, -0.05) is 12.1 Å². The lowest BCUT2D eigenvalue weighted by Crippen LogP contribution is -2.34. The summed E-state index contributed by atoms with van der Waals surface area (Å²) < 4.78 is 6.88. The Morgan fingerprint density at radius 1 is 1.28 bits per heavy atom. The lowest BCUT2D eigenvalue weighted by Gasteiger charge is -2.12. The molecule has 7 nitrogen and oxygen atoms in total. The van der Waals surface area contributed by atoms with E-state index in [1.165, 1.54) is 4.68 Å². The number of nitrogens with zero attached hydrogens (tertiary/aromatic N) is 2. The highest BCUT2D eigenvalue weighted by molar-refractivity contribution is 5.90. The van der Waals surface area contributed by atoms with Crippen LogP contribution in [0.4, 0.5) is 10.5 Å². The smallest absolute Gasteiger partial charge is 0.319 e. The van der Waals surface area contributed by atoms with Crippen LogP contribution in [-0.2, 0) is 6.54 Å². The maximum atomic E-state index is 12.0. The molecule has 1 saturated carbocycles. The fourth-order valence-corrected chi connectivity index (χ4v) is 2.51. The number of benzene rings is 1. The van der Waals surface area contributed by atoms with Gasteiger partial charge in [0.15, 0.2) is 0 Å². The first-order chi connectivity index (χ1) is 12.2. The molecule has 0 atom stereocenters. The Balaban J connectivity index is 1.53. The maximum Gasteiger partial charge on any atom is 0.319 e. The van der Waals surface area contributed by atoms with E-state index in [1.54, 1.807) is 24.3 Å². The lowest BCUT2D eigenvalue weighted by atomic mass is 10.3. The highest BCUT2D eigenvalue weighted by Gasteiger charge is 2.25. The molecule has 1 aromatic carbocycles. The normalized spacial score (nSPS) is 13.3. The van der Waals surface area contributed by atoms with Crippen LogP contribution in [0.3, 0.4) is 0 Å². The summed E-state index contributed by atoms with van der Waals surface area (Å²) in [5.41, 5.74) is 1.40.